The molecule has 0 bridgehead atoms. The molecule has 0 saturated heterocycles. The fourth-order valence-electron chi connectivity index (χ4n) is 1.86. The molecule has 0 aliphatic carbocycles. The van der Waals surface area contributed by atoms with Gasteiger partial charge in [0.1, 0.15) is 5.69 Å². The lowest BCUT2D eigenvalue weighted by Gasteiger charge is -2.13. The average molecular weight is 269 g/mol. The van der Waals surface area contributed by atoms with Crippen LogP contribution >= 0.6 is 0 Å². The van der Waals surface area contributed by atoms with E-state index < -0.39 is 5.91 Å². The lowest BCUT2D eigenvalue weighted by atomic mass is 10.0. The van der Waals surface area contributed by atoms with Crippen molar-refractivity contribution in [3.63, 3.8) is 0 Å². The molecule has 2 aromatic rings. The minimum atomic E-state index is -0.579. The molecule has 102 valence electrons. The molecule has 0 unspecified atom stereocenters. The summed E-state index contributed by atoms with van der Waals surface area (Å²) in [5.74, 6) is -0.953. The number of aryl methyl sites for hydroxylation is 1. The van der Waals surface area contributed by atoms with Crippen molar-refractivity contribution in [1.82, 2.24) is 4.98 Å². The maximum atomic E-state index is 12.1. The van der Waals surface area contributed by atoms with Crippen LogP contribution in [0.1, 0.15) is 32.0 Å². The van der Waals surface area contributed by atoms with Gasteiger partial charge in [0.25, 0.3) is 11.8 Å². The number of hydrogen-bond donors (Lipinski definition) is 2. The monoisotopic (exact) mass is 269 g/mol. The van der Waals surface area contributed by atoms with E-state index in [1.54, 1.807) is 30.3 Å². The van der Waals surface area contributed by atoms with Gasteiger partial charge in [0, 0.05) is 6.20 Å². The van der Waals surface area contributed by atoms with Gasteiger partial charge in [-0.1, -0.05) is 12.1 Å². The summed E-state index contributed by atoms with van der Waals surface area (Å²) in [5.41, 5.74) is 8.13. The first kappa shape index (κ1) is 13.7. The van der Waals surface area contributed by atoms with Crippen LogP contribution in [0.3, 0.4) is 0 Å². The Hall–Kier alpha value is -2.69. The van der Waals surface area contributed by atoms with Gasteiger partial charge in [-0.15, -0.1) is 0 Å². The minimum absolute atomic E-state index is 0.281. The first-order valence-electron chi connectivity index (χ1n) is 6.13. The lowest BCUT2D eigenvalue weighted by molar-refractivity contribution is 0.100. The highest BCUT2D eigenvalue weighted by molar-refractivity contribution is 6.08. The molecule has 5 heteroatoms. The maximum absolute atomic E-state index is 12.1. The molecular formula is C15H15N3O2. The zero-order valence-electron chi connectivity index (χ0n) is 11.3. The highest BCUT2D eigenvalue weighted by Crippen LogP contribution is 2.24. The molecule has 5 nitrogen and oxygen atoms in total. The Kier molecular flexibility index (Phi) is 3.79. The fraction of sp³-hybridized carbons (Fsp3) is 0.133. The van der Waals surface area contributed by atoms with Crippen LogP contribution in [0.4, 0.5) is 5.69 Å². The van der Waals surface area contributed by atoms with Gasteiger partial charge in [0.15, 0.2) is 0 Å². The summed E-state index contributed by atoms with van der Waals surface area (Å²) in [4.78, 5) is 27.6. The van der Waals surface area contributed by atoms with Gasteiger partial charge in [0.2, 0.25) is 0 Å². The SMILES string of the molecule is Cc1ccc(C(N)=O)c(NC(=O)c2ccccn2)c1C. The summed E-state index contributed by atoms with van der Waals surface area (Å²) in [6.07, 6.45) is 1.53. The third-order valence-corrected chi connectivity index (χ3v) is 3.14. The van der Waals surface area contributed by atoms with E-state index in [0.717, 1.165) is 11.1 Å². The number of pyridine rings is 1. The van der Waals surface area contributed by atoms with Gasteiger partial charge in [-0.05, 0) is 43.2 Å². The van der Waals surface area contributed by atoms with Crippen LogP contribution in [0.2, 0.25) is 0 Å². The van der Waals surface area contributed by atoms with Crippen LogP contribution in [0.25, 0.3) is 0 Å². The fourth-order valence-corrected chi connectivity index (χ4v) is 1.86. The summed E-state index contributed by atoms with van der Waals surface area (Å²) in [6, 6.07) is 8.46. The number of amides is 2. The van der Waals surface area contributed by atoms with Gasteiger partial charge in [-0.2, -0.15) is 0 Å². The van der Waals surface area contributed by atoms with Crippen molar-refractivity contribution in [3.8, 4) is 0 Å². The summed E-state index contributed by atoms with van der Waals surface area (Å²) in [7, 11) is 0. The third-order valence-electron chi connectivity index (χ3n) is 3.14. The van der Waals surface area contributed by atoms with Gasteiger partial charge in [-0.3, -0.25) is 14.6 Å². The Balaban J connectivity index is 2.41. The van der Waals surface area contributed by atoms with Crippen LogP contribution in [0, 0.1) is 13.8 Å². The van der Waals surface area contributed by atoms with E-state index in [2.05, 4.69) is 10.3 Å². The van der Waals surface area contributed by atoms with Crippen LogP contribution < -0.4 is 11.1 Å². The Morgan fingerprint density at radius 1 is 1.15 bits per heavy atom. The topological polar surface area (TPSA) is 85.1 Å². The highest BCUT2D eigenvalue weighted by atomic mass is 16.2. The molecule has 0 atom stereocenters. The van der Waals surface area contributed by atoms with Crippen molar-refractivity contribution < 1.29 is 9.59 Å². The molecule has 2 rings (SSSR count). The molecular weight excluding hydrogens is 254 g/mol. The summed E-state index contributed by atoms with van der Waals surface area (Å²) in [5, 5.41) is 2.72. The van der Waals surface area contributed by atoms with E-state index in [9.17, 15) is 9.59 Å². The van der Waals surface area contributed by atoms with Gasteiger partial charge >= 0.3 is 0 Å². The number of rotatable bonds is 3. The highest BCUT2D eigenvalue weighted by Gasteiger charge is 2.16. The molecule has 1 heterocycles. The largest absolute Gasteiger partial charge is 0.366 e. The smallest absolute Gasteiger partial charge is 0.274 e. The predicted molar refractivity (Wildman–Crippen MR) is 76.6 cm³/mol. The molecule has 0 fully saturated rings. The van der Waals surface area contributed by atoms with Gasteiger partial charge < -0.3 is 11.1 Å². The number of nitrogens with zero attached hydrogens (tertiary/aromatic N) is 1. The first-order chi connectivity index (χ1) is 9.50. The number of primary amides is 1. The zero-order valence-corrected chi connectivity index (χ0v) is 11.3. The summed E-state index contributed by atoms with van der Waals surface area (Å²) >= 11 is 0. The number of anilines is 1. The molecule has 0 aliphatic heterocycles. The van der Waals surface area contributed by atoms with Crippen LogP contribution in [0.5, 0.6) is 0 Å². The van der Waals surface area contributed by atoms with E-state index in [4.69, 9.17) is 5.73 Å². The number of nitrogens with two attached hydrogens (primary N) is 1. The molecule has 2 amide bonds. The predicted octanol–water partition coefficient (Wildman–Crippen LogP) is 2.05. The Bertz CT molecular complexity index is 666. The second-order valence-electron chi connectivity index (χ2n) is 4.46. The summed E-state index contributed by atoms with van der Waals surface area (Å²) in [6.45, 7) is 3.73. The van der Waals surface area contributed by atoms with E-state index in [0.29, 0.717) is 5.69 Å². The van der Waals surface area contributed by atoms with E-state index in [1.807, 2.05) is 13.8 Å². The molecule has 20 heavy (non-hydrogen) atoms. The quantitative estimate of drug-likeness (QED) is 0.894. The number of carbonyl (C=O) groups is 2. The van der Waals surface area contributed by atoms with Crippen molar-refractivity contribution >= 4 is 17.5 Å². The maximum Gasteiger partial charge on any atom is 0.274 e. The van der Waals surface area contributed by atoms with E-state index in [-0.39, 0.29) is 17.2 Å². The molecule has 0 saturated carbocycles. The number of nitrogens with one attached hydrogen (secondary N) is 1. The van der Waals surface area contributed by atoms with Gasteiger partial charge in [0.05, 0.1) is 11.3 Å². The average Bonchev–Trinajstić information content (AvgIpc) is 2.44. The molecule has 0 radical (unpaired) electrons. The second-order valence-corrected chi connectivity index (χ2v) is 4.46. The van der Waals surface area contributed by atoms with E-state index >= 15 is 0 Å². The van der Waals surface area contributed by atoms with Gasteiger partial charge in [-0.25, -0.2) is 0 Å². The number of carbonyl (C=O) groups excluding carboxylic acids is 2. The third kappa shape index (κ3) is 2.66. The molecule has 0 spiro atoms. The Morgan fingerprint density at radius 2 is 1.90 bits per heavy atom. The van der Waals surface area contributed by atoms with Crippen molar-refractivity contribution in [3.05, 3.63) is 58.9 Å². The molecule has 1 aromatic heterocycles. The first-order valence-corrected chi connectivity index (χ1v) is 6.13. The molecule has 0 aliphatic rings. The molecule has 1 aromatic carbocycles. The van der Waals surface area contributed by atoms with Crippen LogP contribution in [-0.4, -0.2) is 16.8 Å². The van der Waals surface area contributed by atoms with Crippen molar-refractivity contribution in [1.29, 1.82) is 0 Å². The number of benzene rings is 1. The van der Waals surface area contributed by atoms with Crippen LogP contribution in [-0.2, 0) is 0 Å². The Morgan fingerprint density at radius 3 is 2.50 bits per heavy atom. The number of aromatic nitrogens is 1. The lowest BCUT2D eigenvalue weighted by Crippen LogP contribution is -2.20. The molecule has 3 N–H and O–H groups in total. The zero-order chi connectivity index (χ0) is 14.7. The summed E-state index contributed by atoms with van der Waals surface area (Å²) < 4.78 is 0. The minimum Gasteiger partial charge on any atom is -0.366 e. The number of hydrogen-bond acceptors (Lipinski definition) is 3. The Labute approximate surface area is 116 Å². The standard InChI is InChI=1S/C15H15N3O2/c1-9-6-7-11(14(16)19)13(10(9)2)18-15(20)12-5-3-4-8-17-12/h3-8H,1-2H3,(H2,16,19)(H,18,20). The normalized spacial score (nSPS) is 10.1. The van der Waals surface area contributed by atoms with Crippen molar-refractivity contribution in [2.45, 2.75) is 13.8 Å². The van der Waals surface area contributed by atoms with Crippen LogP contribution in [0.15, 0.2) is 36.5 Å². The van der Waals surface area contributed by atoms with Crippen molar-refractivity contribution in [2.24, 2.45) is 5.73 Å². The van der Waals surface area contributed by atoms with Crippen molar-refractivity contribution in [2.75, 3.05) is 5.32 Å². The second kappa shape index (κ2) is 5.52. The van der Waals surface area contributed by atoms with E-state index in [1.165, 1.54) is 6.20 Å².